The van der Waals surface area contributed by atoms with Crippen molar-refractivity contribution in [2.45, 2.75) is 13.1 Å². The first kappa shape index (κ1) is 11.7. The molecule has 0 saturated carbocycles. The Morgan fingerprint density at radius 2 is 1.00 bits per heavy atom. The highest BCUT2D eigenvalue weighted by atomic mass is 28.4. The molecule has 2 nitrogen and oxygen atoms in total. The fraction of sp³-hybridized carbons (Fsp3) is 0.143. The van der Waals surface area contributed by atoms with E-state index in [1.807, 2.05) is 73.8 Å². The molecule has 0 aliphatic rings. The third-order valence-electron chi connectivity index (χ3n) is 2.21. The molecule has 0 unspecified atom stereocenters. The van der Waals surface area contributed by atoms with Crippen LogP contribution in [0, 0.1) is 0 Å². The van der Waals surface area contributed by atoms with Gasteiger partial charge in [0.15, 0.2) is 0 Å². The van der Waals surface area contributed by atoms with Crippen molar-refractivity contribution in [2.75, 3.05) is 0 Å². The fourth-order valence-corrected chi connectivity index (χ4v) is 3.01. The van der Waals surface area contributed by atoms with Crippen LogP contribution in [0.25, 0.3) is 0 Å². The fourth-order valence-electron chi connectivity index (χ4n) is 1.57. The minimum atomic E-state index is -2.18. The van der Waals surface area contributed by atoms with Gasteiger partial charge in [-0.1, -0.05) is 36.4 Å². The molecule has 88 valence electrons. The van der Waals surface area contributed by atoms with Crippen LogP contribution in [0.4, 0.5) is 0 Å². The predicted octanol–water partition coefficient (Wildman–Crippen LogP) is 3.85. The minimum Gasteiger partial charge on any atom is -0.512 e. The molecular formula is C14H16O2Si. The zero-order valence-corrected chi connectivity index (χ0v) is 11.1. The minimum absolute atomic E-state index is 0.861. The van der Waals surface area contributed by atoms with Crippen LogP contribution in [0.15, 0.2) is 60.7 Å². The molecule has 0 radical (unpaired) electrons. The van der Waals surface area contributed by atoms with Crippen LogP contribution in [0.2, 0.25) is 13.1 Å². The van der Waals surface area contributed by atoms with E-state index in [2.05, 4.69) is 0 Å². The zero-order valence-electron chi connectivity index (χ0n) is 10.1. The first-order valence-electron chi connectivity index (χ1n) is 5.64. The van der Waals surface area contributed by atoms with Crippen LogP contribution >= 0.6 is 0 Å². The monoisotopic (exact) mass is 244 g/mol. The van der Waals surface area contributed by atoms with Crippen molar-refractivity contribution >= 4 is 8.56 Å². The Labute approximate surface area is 103 Å². The summed E-state index contributed by atoms with van der Waals surface area (Å²) in [6.07, 6.45) is 0. The standard InChI is InChI=1S/C14H16O2Si/c1-17(2,15-13-9-5-3-6-10-13)16-14-11-7-4-8-12-14/h3-12H,1-2H3. The molecule has 0 spiro atoms. The van der Waals surface area contributed by atoms with Crippen LogP contribution in [-0.4, -0.2) is 8.56 Å². The summed E-state index contributed by atoms with van der Waals surface area (Å²) in [5.74, 6) is 1.72. The summed E-state index contributed by atoms with van der Waals surface area (Å²) in [4.78, 5) is 0. The van der Waals surface area contributed by atoms with Gasteiger partial charge in [0.25, 0.3) is 0 Å². The SMILES string of the molecule is C[Si](C)(Oc1ccccc1)Oc1ccccc1. The lowest BCUT2D eigenvalue weighted by Crippen LogP contribution is -2.41. The molecule has 0 aliphatic heterocycles. The number of hydrogen-bond donors (Lipinski definition) is 0. The average Bonchev–Trinajstić information content (AvgIpc) is 2.30. The van der Waals surface area contributed by atoms with Crippen molar-refractivity contribution in [2.24, 2.45) is 0 Å². The maximum Gasteiger partial charge on any atom is 0.454 e. The van der Waals surface area contributed by atoms with Gasteiger partial charge in [-0.2, -0.15) is 0 Å². The number of hydrogen-bond acceptors (Lipinski definition) is 2. The molecule has 0 saturated heterocycles. The molecule has 0 bridgehead atoms. The predicted molar refractivity (Wildman–Crippen MR) is 71.6 cm³/mol. The normalized spacial score (nSPS) is 10.9. The number of benzene rings is 2. The van der Waals surface area contributed by atoms with E-state index in [-0.39, 0.29) is 0 Å². The topological polar surface area (TPSA) is 18.5 Å². The van der Waals surface area contributed by atoms with Gasteiger partial charge in [0.05, 0.1) is 0 Å². The average molecular weight is 244 g/mol. The lowest BCUT2D eigenvalue weighted by Gasteiger charge is -2.24. The Hall–Kier alpha value is -1.74. The lowest BCUT2D eigenvalue weighted by molar-refractivity contribution is 0.399. The van der Waals surface area contributed by atoms with Crippen molar-refractivity contribution < 1.29 is 8.85 Å². The Morgan fingerprint density at radius 3 is 1.35 bits per heavy atom. The maximum atomic E-state index is 5.92. The molecule has 0 atom stereocenters. The largest absolute Gasteiger partial charge is 0.512 e. The third-order valence-corrected chi connectivity index (χ3v) is 3.67. The van der Waals surface area contributed by atoms with Gasteiger partial charge in [0.2, 0.25) is 0 Å². The van der Waals surface area contributed by atoms with Crippen LogP contribution in [0.5, 0.6) is 11.5 Å². The molecule has 0 amide bonds. The van der Waals surface area contributed by atoms with Gasteiger partial charge in [0.1, 0.15) is 11.5 Å². The highest BCUT2D eigenvalue weighted by Crippen LogP contribution is 2.19. The Balaban J connectivity index is 2.04. The van der Waals surface area contributed by atoms with Gasteiger partial charge in [-0.15, -0.1) is 0 Å². The van der Waals surface area contributed by atoms with E-state index in [0.29, 0.717) is 0 Å². The summed E-state index contributed by atoms with van der Waals surface area (Å²) in [7, 11) is -2.18. The van der Waals surface area contributed by atoms with Crippen LogP contribution in [-0.2, 0) is 0 Å². The molecule has 2 aromatic carbocycles. The van der Waals surface area contributed by atoms with Crippen molar-refractivity contribution in [3.8, 4) is 11.5 Å². The number of rotatable bonds is 4. The molecule has 17 heavy (non-hydrogen) atoms. The van der Waals surface area contributed by atoms with Crippen molar-refractivity contribution in [3.63, 3.8) is 0 Å². The molecular weight excluding hydrogens is 228 g/mol. The van der Waals surface area contributed by atoms with Crippen molar-refractivity contribution in [3.05, 3.63) is 60.7 Å². The van der Waals surface area contributed by atoms with Gasteiger partial charge in [0, 0.05) is 13.1 Å². The first-order valence-corrected chi connectivity index (χ1v) is 8.45. The summed E-state index contributed by atoms with van der Waals surface area (Å²) in [5, 5.41) is 0. The van der Waals surface area contributed by atoms with Gasteiger partial charge in [-0.3, -0.25) is 0 Å². The Kier molecular flexibility index (Phi) is 3.49. The molecule has 0 heterocycles. The van der Waals surface area contributed by atoms with Crippen molar-refractivity contribution in [1.82, 2.24) is 0 Å². The van der Waals surface area contributed by atoms with Crippen LogP contribution in [0.3, 0.4) is 0 Å². The van der Waals surface area contributed by atoms with Gasteiger partial charge >= 0.3 is 8.56 Å². The van der Waals surface area contributed by atoms with Gasteiger partial charge in [-0.05, 0) is 24.3 Å². The lowest BCUT2D eigenvalue weighted by atomic mass is 10.3. The Bertz CT molecular complexity index is 411. The molecule has 3 heteroatoms. The van der Waals surface area contributed by atoms with Crippen LogP contribution in [0.1, 0.15) is 0 Å². The molecule has 0 aliphatic carbocycles. The van der Waals surface area contributed by atoms with Crippen molar-refractivity contribution in [1.29, 1.82) is 0 Å². The summed E-state index contributed by atoms with van der Waals surface area (Å²) in [5.41, 5.74) is 0. The maximum absolute atomic E-state index is 5.92. The second kappa shape index (κ2) is 5.06. The van der Waals surface area contributed by atoms with E-state index in [4.69, 9.17) is 8.85 Å². The summed E-state index contributed by atoms with van der Waals surface area (Å²) in [6.45, 7) is 4.07. The molecule has 0 N–H and O–H groups in total. The summed E-state index contributed by atoms with van der Waals surface area (Å²) >= 11 is 0. The third kappa shape index (κ3) is 3.64. The molecule has 2 rings (SSSR count). The Morgan fingerprint density at radius 1 is 0.647 bits per heavy atom. The molecule has 0 fully saturated rings. The van der Waals surface area contributed by atoms with E-state index in [0.717, 1.165) is 11.5 Å². The highest BCUT2D eigenvalue weighted by molar-refractivity contribution is 6.66. The quantitative estimate of drug-likeness (QED) is 0.761. The molecule has 0 aromatic heterocycles. The zero-order chi connectivity index (χ0) is 12.1. The van der Waals surface area contributed by atoms with E-state index in [9.17, 15) is 0 Å². The number of para-hydroxylation sites is 2. The summed E-state index contributed by atoms with van der Waals surface area (Å²) < 4.78 is 11.8. The smallest absolute Gasteiger partial charge is 0.454 e. The molecule has 2 aromatic rings. The van der Waals surface area contributed by atoms with Crippen LogP contribution < -0.4 is 8.85 Å². The highest BCUT2D eigenvalue weighted by Gasteiger charge is 2.28. The second-order valence-electron chi connectivity index (χ2n) is 4.23. The van der Waals surface area contributed by atoms with E-state index in [1.54, 1.807) is 0 Å². The van der Waals surface area contributed by atoms with Gasteiger partial charge < -0.3 is 8.85 Å². The van der Waals surface area contributed by atoms with Gasteiger partial charge in [-0.25, -0.2) is 0 Å². The van der Waals surface area contributed by atoms with E-state index >= 15 is 0 Å². The van der Waals surface area contributed by atoms with E-state index < -0.39 is 8.56 Å². The first-order chi connectivity index (χ1) is 8.16. The van der Waals surface area contributed by atoms with E-state index in [1.165, 1.54) is 0 Å². The second-order valence-corrected chi connectivity index (χ2v) is 7.44. The summed E-state index contributed by atoms with van der Waals surface area (Å²) in [6, 6.07) is 19.6.